The van der Waals surface area contributed by atoms with Crippen LogP contribution in [0.25, 0.3) is 0 Å². The zero-order valence-electron chi connectivity index (χ0n) is 19.6. The number of hydrogen-bond donors (Lipinski definition) is 2. The molecule has 0 aromatic heterocycles. The van der Waals surface area contributed by atoms with Crippen molar-refractivity contribution in [1.29, 1.82) is 0 Å². The van der Waals surface area contributed by atoms with E-state index < -0.39 is 35.5 Å². The highest BCUT2D eigenvalue weighted by atomic mass is 16.5. The van der Waals surface area contributed by atoms with Crippen LogP contribution in [-0.2, 0) is 23.9 Å². The van der Waals surface area contributed by atoms with Gasteiger partial charge >= 0.3 is 11.9 Å². The van der Waals surface area contributed by atoms with Crippen molar-refractivity contribution in [3.63, 3.8) is 0 Å². The van der Waals surface area contributed by atoms with Gasteiger partial charge in [0.15, 0.2) is 12.2 Å². The Morgan fingerprint density at radius 1 is 1.09 bits per heavy atom. The Kier molecular flexibility index (Phi) is 5.82. The molecule has 178 valence electrons. The van der Waals surface area contributed by atoms with Gasteiger partial charge < -0.3 is 19.7 Å². The maximum absolute atomic E-state index is 13.0. The van der Waals surface area contributed by atoms with Crippen LogP contribution in [0.5, 0.6) is 0 Å². The van der Waals surface area contributed by atoms with E-state index in [0.717, 1.165) is 32.1 Å². The number of allylic oxidation sites excluding steroid dienone is 1. The Morgan fingerprint density at radius 2 is 1.81 bits per heavy atom. The van der Waals surface area contributed by atoms with Crippen molar-refractivity contribution in [3.05, 3.63) is 11.6 Å². The molecule has 0 aromatic carbocycles. The van der Waals surface area contributed by atoms with Gasteiger partial charge in [-0.25, -0.2) is 0 Å². The van der Waals surface area contributed by atoms with Gasteiger partial charge in [0, 0.05) is 25.7 Å². The number of carbonyl (C=O) groups is 3. The van der Waals surface area contributed by atoms with Crippen LogP contribution in [0.1, 0.15) is 72.6 Å². The van der Waals surface area contributed by atoms with Gasteiger partial charge in [0.2, 0.25) is 5.78 Å². The summed E-state index contributed by atoms with van der Waals surface area (Å²) in [5.74, 6) is -0.761. The fraction of sp³-hybridized carbons (Fsp3) is 0.800. The van der Waals surface area contributed by atoms with Gasteiger partial charge in [-0.2, -0.15) is 0 Å². The van der Waals surface area contributed by atoms with E-state index in [1.165, 1.54) is 19.4 Å². The summed E-state index contributed by atoms with van der Waals surface area (Å²) in [5, 5.41) is 22.5. The first-order chi connectivity index (χ1) is 14.9. The van der Waals surface area contributed by atoms with Crippen LogP contribution in [0.3, 0.4) is 0 Å². The topological polar surface area (TPSA) is 110 Å². The van der Waals surface area contributed by atoms with E-state index in [0.29, 0.717) is 18.8 Å². The molecule has 4 aliphatic carbocycles. The van der Waals surface area contributed by atoms with Gasteiger partial charge in [-0.1, -0.05) is 25.5 Å². The SMILES string of the molecule is CC(=O)OCC(=O)[C@@]1(O)[C@H](O)C[C@H]2[C@H]3CC=C4C[C@@H](OC(C)=O)CC[C@]4(C)[C@@H]3CC[C@@]21C. The van der Waals surface area contributed by atoms with Crippen LogP contribution in [0.15, 0.2) is 11.6 Å². The number of carbonyl (C=O) groups excluding carboxylic acids is 3. The first kappa shape index (κ1) is 23.4. The molecule has 0 unspecified atom stereocenters. The Labute approximate surface area is 189 Å². The number of rotatable bonds is 4. The van der Waals surface area contributed by atoms with Gasteiger partial charge in [0.25, 0.3) is 0 Å². The minimum absolute atomic E-state index is 0.00310. The molecule has 4 rings (SSSR count). The molecular weight excluding hydrogens is 412 g/mol. The summed E-state index contributed by atoms with van der Waals surface area (Å²) in [5.41, 5.74) is -1.30. The maximum Gasteiger partial charge on any atom is 0.303 e. The zero-order chi connectivity index (χ0) is 23.5. The molecule has 4 aliphatic rings. The van der Waals surface area contributed by atoms with E-state index in [1.807, 2.05) is 6.92 Å². The minimum Gasteiger partial charge on any atom is -0.462 e. The molecule has 0 spiro atoms. The van der Waals surface area contributed by atoms with Crippen LogP contribution >= 0.6 is 0 Å². The molecule has 0 saturated heterocycles. The van der Waals surface area contributed by atoms with Gasteiger partial charge in [-0.3, -0.25) is 14.4 Å². The molecule has 2 N–H and O–H groups in total. The summed E-state index contributed by atoms with van der Waals surface area (Å²) >= 11 is 0. The largest absolute Gasteiger partial charge is 0.462 e. The molecule has 7 nitrogen and oxygen atoms in total. The average Bonchev–Trinajstić information content (AvgIpc) is 2.93. The highest BCUT2D eigenvalue weighted by Crippen LogP contribution is 2.67. The second kappa shape index (κ2) is 7.94. The molecular formula is C25H36O7. The van der Waals surface area contributed by atoms with Crippen LogP contribution < -0.4 is 0 Å². The van der Waals surface area contributed by atoms with E-state index in [-0.39, 0.29) is 29.3 Å². The molecule has 0 amide bonds. The lowest BCUT2D eigenvalue weighted by Gasteiger charge is -2.58. The van der Waals surface area contributed by atoms with E-state index in [1.54, 1.807) is 0 Å². The van der Waals surface area contributed by atoms with Crippen molar-refractivity contribution in [3.8, 4) is 0 Å². The summed E-state index contributed by atoms with van der Waals surface area (Å²) in [7, 11) is 0. The molecule has 8 atom stereocenters. The average molecular weight is 449 g/mol. The smallest absolute Gasteiger partial charge is 0.303 e. The molecule has 0 aromatic rings. The fourth-order valence-electron chi connectivity index (χ4n) is 7.76. The Bertz CT molecular complexity index is 849. The quantitative estimate of drug-likeness (QED) is 0.503. The third-order valence-corrected chi connectivity index (χ3v) is 9.44. The fourth-order valence-corrected chi connectivity index (χ4v) is 7.76. The third kappa shape index (κ3) is 3.35. The summed E-state index contributed by atoms with van der Waals surface area (Å²) < 4.78 is 10.4. The van der Waals surface area contributed by atoms with Crippen molar-refractivity contribution in [2.75, 3.05) is 6.61 Å². The molecule has 3 fully saturated rings. The van der Waals surface area contributed by atoms with Gasteiger partial charge in [0.1, 0.15) is 6.10 Å². The standard InChI is InChI=1S/C25H36O7/c1-14(26)31-13-22(29)25(30)21(28)12-20-18-6-5-16-11-17(32-15(2)27)7-9-23(16,3)19(18)8-10-24(20,25)4/h5,17-21,28,30H,6-13H2,1-4H3/t17-,18-,19+,20-,21+,23-,24-,25-/m0/s1. The number of fused-ring (bicyclic) bond motifs is 5. The molecule has 0 heterocycles. The van der Waals surface area contributed by atoms with E-state index in [2.05, 4.69) is 13.0 Å². The number of ether oxygens (including phenoxy) is 2. The molecule has 7 heteroatoms. The van der Waals surface area contributed by atoms with Crippen molar-refractivity contribution in [2.24, 2.45) is 28.6 Å². The summed E-state index contributed by atoms with van der Waals surface area (Å²) in [4.78, 5) is 35.6. The minimum atomic E-state index is -1.91. The molecule has 32 heavy (non-hydrogen) atoms. The lowest BCUT2D eigenvalue weighted by Crippen LogP contribution is -2.61. The Morgan fingerprint density at radius 3 is 2.47 bits per heavy atom. The first-order valence-electron chi connectivity index (χ1n) is 11.9. The number of aliphatic hydroxyl groups excluding tert-OH is 1. The third-order valence-electron chi connectivity index (χ3n) is 9.44. The lowest BCUT2D eigenvalue weighted by atomic mass is 9.46. The summed E-state index contributed by atoms with van der Waals surface area (Å²) in [6.45, 7) is 6.40. The number of ketones is 1. The van der Waals surface area contributed by atoms with Crippen LogP contribution in [0, 0.1) is 28.6 Å². The van der Waals surface area contributed by atoms with Gasteiger partial charge in [-0.15, -0.1) is 0 Å². The Hall–Kier alpha value is -1.73. The molecule has 0 bridgehead atoms. The zero-order valence-corrected chi connectivity index (χ0v) is 19.6. The van der Waals surface area contributed by atoms with Gasteiger partial charge in [-0.05, 0) is 61.7 Å². The highest BCUT2D eigenvalue weighted by Gasteiger charge is 2.69. The van der Waals surface area contributed by atoms with Crippen molar-refractivity contribution in [1.82, 2.24) is 0 Å². The van der Waals surface area contributed by atoms with Crippen LogP contribution in [0.4, 0.5) is 0 Å². The number of hydrogen-bond acceptors (Lipinski definition) is 7. The Balaban J connectivity index is 1.59. The van der Waals surface area contributed by atoms with E-state index in [9.17, 15) is 24.6 Å². The molecule has 0 aliphatic heterocycles. The normalized spacial score (nSPS) is 45.1. The van der Waals surface area contributed by atoms with Crippen molar-refractivity contribution in [2.45, 2.75) is 90.4 Å². The maximum atomic E-state index is 13.0. The molecule has 3 saturated carbocycles. The molecule has 0 radical (unpaired) electrons. The van der Waals surface area contributed by atoms with Gasteiger partial charge in [0.05, 0.1) is 6.10 Å². The second-order valence-electron chi connectivity index (χ2n) is 10.9. The summed E-state index contributed by atoms with van der Waals surface area (Å²) in [6, 6.07) is 0. The van der Waals surface area contributed by atoms with Crippen LogP contribution in [0.2, 0.25) is 0 Å². The highest BCUT2D eigenvalue weighted by molar-refractivity contribution is 5.91. The predicted molar refractivity (Wildman–Crippen MR) is 115 cm³/mol. The van der Waals surface area contributed by atoms with Crippen molar-refractivity contribution >= 4 is 17.7 Å². The monoisotopic (exact) mass is 448 g/mol. The first-order valence-corrected chi connectivity index (χ1v) is 11.9. The number of aliphatic hydroxyl groups is 2. The summed E-state index contributed by atoms with van der Waals surface area (Å²) in [6.07, 6.45) is 6.31. The number of esters is 2. The van der Waals surface area contributed by atoms with E-state index >= 15 is 0 Å². The van der Waals surface area contributed by atoms with Crippen molar-refractivity contribution < 1.29 is 34.1 Å². The predicted octanol–water partition coefficient (Wildman–Crippen LogP) is 2.71. The van der Waals surface area contributed by atoms with E-state index in [4.69, 9.17) is 9.47 Å². The van der Waals surface area contributed by atoms with Crippen LogP contribution in [-0.4, -0.2) is 52.4 Å². The second-order valence-corrected chi connectivity index (χ2v) is 10.9. The lowest BCUT2D eigenvalue weighted by molar-refractivity contribution is -0.181. The number of Topliss-reactive ketones (excluding diaryl/α,β-unsaturated/α-hetero) is 1.